The molecule has 0 aromatic heterocycles. The second-order valence-corrected chi connectivity index (χ2v) is 3.99. The fourth-order valence-corrected chi connectivity index (χ4v) is 1.89. The first-order chi connectivity index (χ1) is 5.53. The van der Waals surface area contributed by atoms with Crippen molar-refractivity contribution in [2.45, 2.75) is 38.5 Å². The van der Waals surface area contributed by atoms with E-state index in [2.05, 4.69) is 0 Å². The van der Waals surface area contributed by atoms with Gasteiger partial charge in [-0.1, -0.05) is 6.92 Å². The summed E-state index contributed by atoms with van der Waals surface area (Å²) in [6.45, 7) is 2.01. The van der Waals surface area contributed by atoms with Crippen molar-refractivity contribution in [2.24, 2.45) is 11.8 Å². The molecule has 3 heteroatoms. The summed E-state index contributed by atoms with van der Waals surface area (Å²) in [7, 11) is 0. The van der Waals surface area contributed by atoms with Gasteiger partial charge in [-0.25, -0.2) is 8.78 Å². The molecule has 1 saturated carbocycles. The van der Waals surface area contributed by atoms with Gasteiger partial charge < -0.3 is 5.11 Å². The Balaban J connectivity index is 2.28. The van der Waals surface area contributed by atoms with Gasteiger partial charge in [-0.3, -0.25) is 0 Å². The lowest BCUT2D eigenvalue weighted by Crippen LogP contribution is -2.12. The van der Waals surface area contributed by atoms with E-state index >= 15 is 0 Å². The van der Waals surface area contributed by atoms with Gasteiger partial charge in [0.1, 0.15) is 0 Å². The second-order valence-electron chi connectivity index (χ2n) is 3.99. The van der Waals surface area contributed by atoms with Crippen LogP contribution in [0.5, 0.6) is 0 Å². The van der Waals surface area contributed by atoms with Gasteiger partial charge in [0.25, 0.3) is 0 Å². The Morgan fingerprint density at radius 3 is 2.67 bits per heavy atom. The van der Waals surface area contributed by atoms with Gasteiger partial charge >= 0.3 is 0 Å². The summed E-state index contributed by atoms with van der Waals surface area (Å²) in [5.41, 5.74) is 0. The predicted molar refractivity (Wildman–Crippen MR) is 43.2 cm³/mol. The Hall–Kier alpha value is -0.180. The third-order valence-electron chi connectivity index (χ3n) is 2.55. The summed E-state index contributed by atoms with van der Waals surface area (Å²) >= 11 is 0. The maximum Gasteiger partial charge on any atom is 0.248 e. The molecule has 12 heavy (non-hydrogen) atoms. The molecule has 0 bridgehead atoms. The number of halogens is 2. The molecule has 0 saturated heterocycles. The first kappa shape index (κ1) is 9.90. The van der Waals surface area contributed by atoms with Crippen molar-refractivity contribution in [3.63, 3.8) is 0 Å². The summed E-state index contributed by atoms with van der Waals surface area (Å²) in [5, 5.41) is 8.74. The maximum atomic E-state index is 12.7. The first-order valence-corrected chi connectivity index (χ1v) is 4.52. The molecule has 1 rings (SSSR count). The van der Waals surface area contributed by atoms with Crippen LogP contribution in [-0.2, 0) is 0 Å². The lowest BCUT2D eigenvalue weighted by molar-refractivity contribution is 0.00375. The van der Waals surface area contributed by atoms with Crippen molar-refractivity contribution in [1.29, 1.82) is 0 Å². The third-order valence-corrected chi connectivity index (χ3v) is 2.55. The van der Waals surface area contributed by atoms with Crippen molar-refractivity contribution in [3.8, 4) is 0 Å². The minimum atomic E-state index is -2.43. The van der Waals surface area contributed by atoms with E-state index in [-0.39, 0.29) is 31.3 Å². The van der Waals surface area contributed by atoms with Crippen LogP contribution >= 0.6 is 0 Å². The van der Waals surface area contributed by atoms with Crippen LogP contribution in [-0.4, -0.2) is 17.6 Å². The molecule has 1 N–H and O–H groups in total. The zero-order valence-electron chi connectivity index (χ0n) is 7.39. The maximum absolute atomic E-state index is 12.7. The molecule has 1 aliphatic carbocycles. The fraction of sp³-hybridized carbons (Fsp3) is 1.00. The zero-order chi connectivity index (χ0) is 9.19. The van der Waals surface area contributed by atoms with Gasteiger partial charge in [-0.05, 0) is 24.7 Å². The highest BCUT2D eigenvalue weighted by Crippen LogP contribution is 2.41. The van der Waals surface area contributed by atoms with Gasteiger partial charge in [-0.15, -0.1) is 0 Å². The van der Waals surface area contributed by atoms with Gasteiger partial charge in [0.15, 0.2) is 0 Å². The van der Waals surface area contributed by atoms with Crippen molar-refractivity contribution in [2.75, 3.05) is 6.61 Å². The van der Waals surface area contributed by atoms with Crippen LogP contribution in [0.4, 0.5) is 8.78 Å². The summed E-state index contributed by atoms with van der Waals surface area (Å²) in [6.07, 6.45) is 1.43. The van der Waals surface area contributed by atoms with E-state index in [1.54, 1.807) is 0 Å². The quantitative estimate of drug-likeness (QED) is 0.703. The van der Waals surface area contributed by atoms with Crippen LogP contribution in [0.2, 0.25) is 0 Å². The van der Waals surface area contributed by atoms with Crippen LogP contribution < -0.4 is 0 Å². The molecule has 0 radical (unpaired) electrons. The number of alkyl halides is 2. The molecule has 0 spiro atoms. The monoisotopic (exact) mass is 178 g/mol. The third kappa shape index (κ3) is 2.70. The molecule has 0 aliphatic heterocycles. The van der Waals surface area contributed by atoms with Crippen molar-refractivity contribution < 1.29 is 13.9 Å². The molecular formula is C9H16F2O. The van der Waals surface area contributed by atoms with E-state index in [9.17, 15) is 8.78 Å². The van der Waals surface area contributed by atoms with Crippen LogP contribution in [0.1, 0.15) is 32.6 Å². The van der Waals surface area contributed by atoms with E-state index in [0.717, 1.165) is 6.42 Å². The Kier molecular flexibility index (Phi) is 3.04. The predicted octanol–water partition coefficient (Wildman–Crippen LogP) is 2.44. The molecule has 0 aromatic carbocycles. The Morgan fingerprint density at radius 1 is 1.58 bits per heavy atom. The smallest absolute Gasteiger partial charge is 0.248 e. The molecule has 0 heterocycles. The molecule has 1 nitrogen and oxygen atoms in total. The highest BCUT2D eigenvalue weighted by molar-refractivity contribution is 4.81. The molecule has 1 fully saturated rings. The molecule has 0 amide bonds. The lowest BCUT2D eigenvalue weighted by atomic mass is 9.95. The largest absolute Gasteiger partial charge is 0.396 e. The van der Waals surface area contributed by atoms with Crippen LogP contribution in [0.3, 0.4) is 0 Å². The van der Waals surface area contributed by atoms with Crippen LogP contribution in [0.15, 0.2) is 0 Å². The second kappa shape index (κ2) is 3.69. The average Bonchev–Trinajstić information content (AvgIpc) is 2.30. The molecule has 1 aliphatic rings. The normalized spacial score (nSPS) is 30.5. The standard InChI is InChI=1S/C9H16F2O/c1-7(6-12)4-8-2-3-9(10,11)5-8/h7-8,12H,2-6H2,1H3. The lowest BCUT2D eigenvalue weighted by Gasteiger charge is -2.13. The summed E-state index contributed by atoms with van der Waals surface area (Å²) in [4.78, 5) is 0. The summed E-state index contributed by atoms with van der Waals surface area (Å²) in [6, 6.07) is 0. The average molecular weight is 178 g/mol. The van der Waals surface area contributed by atoms with E-state index in [1.807, 2.05) is 6.92 Å². The van der Waals surface area contributed by atoms with Gasteiger partial charge in [0.05, 0.1) is 0 Å². The van der Waals surface area contributed by atoms with Gasteiger partial charge in [0.2, 0.25) is 5.92 Å². The zero-order valence-corrected chi connectivity index (χ0v) is 7.39. The van der Waals surface area contributed by atoms with Crippen LogP contribution in [0.25, 0.3) is 0 Å². The SMILES string of the molecule is CC(CO)CC1CCC(F)(F)C1. The molecule has 2 unspecified atom stereocenters. The molecule has 0 aromatic rings. The van der Waals surface area contributed by atoms with Crippen LogP contribution in [0, 0.1) is 11.8 Å². The van der Waals surface area contributed by atoms with E-state index in [4.69, 9.17) is 5.11 Å². The number of aliphatic hydroxyl groups excluding tert-OH is 1. The van der Waals surface area contributed by atoms with E-state index in [0.29, 0.717) is 6.42 Å². The molecule has 2 atom stereocenters. The Labute approximate surface area is 71.8 Å². The van der Waals surface area contributed by atoms with E-state index < -0.39 is 5.92 Å². The molecular weight excluding hydrogens is 162 g/mol. The van der Waals surface area contributed by atoms with Crippen molar-refractivity contribution in [3.05, 3.63) is 0 Å². The number of hydrogen-bond acceptors (Lipinski definition) is 1. The number of rotatable bonds is 3. The fourth-order valence-electron chi connectivity index (χ4n) is 1.89. The minimum Gasteiger partial charge on any atom is -0.396 e. The topological polar surface area (TPSA) is 20.2 Å². The summed E-state index contributed by atoms with van der Waals surface area (Å²) in [5.74, 6) is -2.13. The van der Waals surface area contributed by atoms with Gasteiger partial charge in [0, 0.05) is 19.4 Å². The van der Waals surface area contributed by atoms with E-state index in [1.165, 1.54) is 0 Å². The summed E-state index contributed by atoms with van der Waals surface area (Å²) < 4.78 is 25.4. The Morgan fingerprint density at radius 2 is 2.25 bits per heavy atom. The van der Waals surface area contributed by atoms with Crippen molar-refractivity contribution in [1.82, 2.24) is 0 Å². The van der Waals surface area contributed by atoms with Gasteiger partial charge in [-0.2, -0.15) is 0 Å². The highest BCUT2D eigenvalue weighted by Gasteiger charge is 2.39. The number of hydrogen-bond donors (Lipinski definition) is 1. The van der Waals surface area contributed by atoms with Crippen molar-refractivity contribution >= 4 is 0 Å². The minimum absolute atomic E-state index is 0.0251. The first-order valence-electron chi connectivity index (χ1n) is 4.52. The Bertz CT molecular complexity index is 147. The highest BCUT2D eigenvalue weighted by atomic mass is 19.3. The molecule has 72 valence electrons. The number of aliphatic hydroxyl groups is 1.